The van der Waals surface area contributed by atoms with Gasteiger partial charge in [-0.25, -0.2) is 0 Å². The van der Waals surface area contributed by atoms with Gasteiger partial charge in [0.15, 0.2) is 0 Å². The van der Waals surface area contributed by atoms with Gasteiger partial charge in [0.1, 0.15) is 0 Å². The Morgan fingerprint density at radius 1 is 1.38 bits per heavy atom. The molecule has 0 unspecified atom stereocenters. The van der Waals surface area contributed by atoms with Crippen LogP contribution in [0.4, 0.5) is 0 Å². The molecule has 0 radical (unpaired) electrons. The summed E-state index contributed by atoms with van der Waals surface area (Å²) >= 11 is 0. The third-order valence-corrected chi connectivity index (χ3v) is 1.75. The van der Waals surface area contributed by atoms with Crippen molar-refractivity contribution in [1.82, 2.24) is 15.0 Å². The number of rotatable bonds is 2. The number of ether oxygens (including phenoxy) is 1. The average molecular weight is 183 g/mol. The van der Waals surface area contributed by atoms with Gasteiger partial charge in [-0.2, -0.15) is 0 Å². The molecule has 1 aliphatic rings. The summed E-state index contributed by atoms with van der Waals surface area (Å²) in [5.41, 5.74) is 0. The van der Waals surface area contributed by atoms with E-state index in [0.717, 1.165) is 26.2 Å². The molecule has 13 heavy (non-hydrogen) atoms. The molecule has 0 spiro atoms. The zero-order chi connectivity index (χ0) is 9.36. The predicted molar refractivity (Wildman–Crippen MR) is 50.4 cm³/mol. The normalized spacial score (nSPS) is 15.2. The van der Waals surface area contributed by atoms with Crippen molar-refractivity contribution in [2.24, 2.45) is 0 Å². The Balaban J connectivity index is 0.000000145. The molecule has 1 fully saturated rings. The van der Waals surface area contributed by atoms with Gasteiger partial charge in [0.05, 0.1) is 6.20 Å². The number of hydrogen-bond donors (Lipinski definition) is 0. The van der Waals surface area contributed by atoms with Crippen molar-refractivity contribution in [1.29, 1.82) is 0 Å². The van der Waals surface area contributed by atoms with E-state index in [9.17, 15) is 0 Å². The highest BCUT2D eigenvalue weighted by Gasteiger charge is 1.94. The molecule has 74 valence electrons. The van der Waals surface area contributed by atoms with Crippen molar-refractivity contribution >= 4 is 0 Å². The van der Waals surface area contributed by atoms with E-state index in [1.54, 1.807) is 6.20 Å². The van der Waals surface area contributed by atoms with E-state index in [0.29, 0.717) is 0 Å². The van der Waals surface area contributed by atoms with Crippen molar-refractivity contribution in [2.45, 2.75) is 32.7 Å². The molecule has 0 bridgehead atoms. The maximum absolute atomic E-state index is 4.94. The molecule has 0 aliphatic carbocycles. The van der Waals surface area contributed by atoms with Crippen LogP contribution in [0.25, 0.3) is 0 Å². The molecule has 4 heteroatoms. The van der Waals surface area contributed by atoms with Crippen LogP contribution < -0.4 is 0 Å². The van der Waals surface area contributed by atoms with Crippen molar-refractivity contribution in [2.75, 3.05) is 13.2 Å². The van der Waals surface area contributed by atoms with E-state index < -0.39 is 0 Å². The first-order valence-corrected chi connectivity index (χ1v) is 4.85. The fraction of sp³-hybridized carbons (Fsp3) is 0.778. The second-order valence-electron chi connectivity index (χ2n) is 2.99. The molecule has 1 aromatic rings. The first-order chi connectivity index (χ1) is 6.43. The second-order valence-corrected chi connectivity index (χ2v) is 2.99. The fourth-order valence-electron chi connectivity index (χ4n) is 1.09. The molecular weight excluding hydrogens is 166 g/mol. The van der Waals surface area contributed by atoms with E-state index >= 15 is 0 Å². The molecule has 1 aromatic heterocycles. The number of nitrogens with zero attached hydrogens (tertiary/aromatic N) is 3. The summed E-state index contributed by atoms with van der Waals surface area (Å²) in [6.45, 7) is 5.08. The summed E-state index contributed by atoms with van der Waals surface area (Å²) in [6, 6.07) is 0. The third kappa shape index (κ3) is 4.62. The van der Waals surface area contributed by atoms with Crippen LogP contribution in [-0.2, 0) is 11.3 Å². The monoisotopic (exact) mass is 183 g/mol. The Morgan fingerprint density at radius 2 is 2.15 bits per heavy atom. The van der Waals surface area contributed by atoms with Crippen LogP contribution in [0.3, 0.4) is 0 Å². The van der Waals surface area contributed by atoms with Gasteiger partial charge >= 0.3 is 0 Å². The third-order valence-electron chi connectivity index (χ3n) is 1.75. The molecule has 0 aromatic carbocycles. The molecule has 1 saturated heterocycles. The van der Waals surface area contributed by atoms with Crippen molar-refractivity contribution in [3.8, 4) is 0 Å². The zero-order valence-corrected chi connectivity index (χ0v) is 8.15. The first kappa shape index (κ1) is 10.2. The summed E-state index contributed by atoms with van der Waals surface area (Å²) in [5, 5.41) is 7.43. The van der Waals surface area contributed by atoms with Gasteiger partial charge in [-0.05, 0) is 19.3 Å². The minimum atomic E-state index is 0.972. The summed E-state index contributed by atoms with van der Waals surface area (Å²) in [5.74, 6) is 0. The smallest absolute Gasteiger partial charge is 0.0692 e. The lowest BCUT2D eigenvalue weighted by Crippen LogP contribution is -1.96. The summed E-state index contributed by atoms with van der Waals surface area (Å²) in [4.78, 5) is 0. The topological polar surface area (TPSA) is 39.9 Å². The Hall–Kier alpha value is -0.900. The first-order valence-electron chi connectivity index (χ1n) is 4.85. The highest BCUT2D eigenvalue weighted by Crippen LogP contribution is 1.98. The highest BCUT2D eigenvalue weighted by atomic mass is 16.5. The molecule has 0 atom stereocenters. The highest BCUT2D eigenvalue weighted by molar-refractivity contribution is 4.62. The number of aryl methyl sites for hydroxylation is 1. The van der Waals surface area contributed by atoms with Crippen LogP contribution in [-0.4, -0.2) is 28.2 Å². The SMILES string of the molecule is C1CCOC1.CCCn1ccnn1. The van der Waals surface area contributed by atoms with Gasteiger partial charge in [-0.3, -0.25) is 4.68 Å². The van der Waals surface area contributed by atoms with E-state index in [1.807, 2.05) is 10.9 Å². The van der Waals surface area contributed by atoms with Gasteiger partial charge in [0, 0.05) is 26.0 Å². The predicted octanol–water partition coefficient (Wildman–Crippen LogP) is 1.48. The van der Waals surface area contributed by atoms with Gasteiger partial charge in [-0.15, -0.1) is 5.10 Å². The molecule has 0 N–H and O–H groups in total. The van der Waals surface area contributed by atoms with Gasteiger partial charge in [0.2, 0.25) is 0 Å². The van der Waals surface area contributed by atoms with Crippen LogP contribution >= 0.6 is 0 Å². The average Bonchev–Trinajstić information content (AvgIpc) is 2.79. The van der Waals surface area contributed by atoms with E-state index in [-0.39, 0.29) is 0 Å². The largest absolute Gasteiger partial charge is 0.381 e. The molecule has 4 nitrogen and oxygen atoms in total. The Morgan fingerprint density at radius 3 is 2.54 bits per heavy atom. The minimum absolute atomic E-state index is 0.972. The Bertz CT molecular complexity index is 187. The van der Waals surface area contributed by atoms with Crippen molar-refractivity contribution in [3.05, 3.63) is 12.4 Å². The minimum Gasteiger partial charge on any atom is -0.381 e. The van der Waals surface area contributed by atoms with Gasteiger partial charge < -0.3 is 4.74 Å². The number of aromatic nitrogens is 3. The van der Waals surface area contributed by atoms with Crippen LogP contribution in [0.5, 0.6) is 0 Å². The van der Waals surface area contributed by atoms with Gasteiger partial charge in [0.25, 0.3) is 0 Å². The Kier molecular flexibility index (Phi) is 5.17. The van der Waals surface area contributed by atoms with Crippen molar-refractivity contribution < 1.29 is 4.74 Å². The van der Waals surface area contributed by atoms with Crippen molar-refractivity contribution in [3.63, 3.8) is 0 Å². The van der Waals surface area contributed by atoms with Gasteiger partial charge in [-0.1, -0.05) is 12.1 Å². The van der Waals surface area contributed by atoms with Crippen LogP contribution in [0.1, 0.15) is 26.2 Å². The maximum atomic E-state index is 4.94. The Labute approximate surface area is 78.9 Å². The fourth-order valence-corrected chi connectivity index (χ4v) is 1.09. The summed E-state index contributed by atoms with van der Waals surface area (Å²) in [6.07, 6.45) is 7.22. The summed E-state index contributed by atoms with van der Waals surface area (Å²) in [7, 11) is 0. The molecule has 2 rings (SSSR count). The lowest BCUT2D eigenvalue weighted by Gasteiger charge is -1.90. The molecule has 1 aliphatic heterocycles. The molecule has 2 heterocycles. The molecule has 0 saturated carbocycles. The van der Waals surface area contributed by atoms with Crippen LogP contribution in [0.15, 0.2) is 12.4 Å². The summed E-state index contributed by atoms with van der Waals surface area (Å²) < 4.78 is 6.76. The van der Waals surface area contributed by atoms with E-state index in [4.69, 9.17) is 4.74 Å². The lowest BCUT2D eigenvalue weighted by molar-refractivity contribution is 0.198. The lowest BCUT2D eigenvalue weighted by atomic mass is 10.4. The molecular formula is C9H17N3O. The van der Waals surface area contributed by atoms with Crippen LogP contribution in [0, 0.1) is 0 Å². The maximum Gasteiger partial charge on any atom is 0.0692 e. The number of hydrogen-bond acceptors (Lipinski definition) is 3. The quantitative estimate of drug-likeness (QED) is 0.697. The molecule has 0 amide bonds. The van der Waals surface area contributed by atoms with E-state index in [1.165, 1.54) is 12.8 Å². The zero-order valence-electron chi connectivity index (χ0n) is 8.15. The second kappa shape index (κ2) is 6.60. The van der Waals surface area contributed by atoms with Crippen LogP contribution in [0.2, 0.25) is 0 Å². The standard InChI is InChI=1S/C5H9N3.C4H8O/c1-2-4-8-5-3-6-7-8;1-2-4-5-3-1/h3,5H,2,4H2,1H3;1-4H2. The van der Waals surface area contributed by atoms with E-state index in [2.05, 4.69) is 17.2 Å².